The summed E-state index contributed by atoms with van der Waals surface area (Å²) in [5, 5.41) is 6.89. The minimum atomic E-state index is -0.323. The van der Waals surface area contributed by atoms with Crippen molar-refractivity contribution in [2.75, 3.05) is 11.9 Å². The first-order valence-corrected chi connectivity index (χ1v) is 9.09. The van der Waals surface area contributed by atoms with Crippen LogP contribution in [-0.2, 0) is 0 Å². The standard InChI is InChI=1S/C22H21N3O4/c1-3-28-19-12-8-17(9-13-19)21(26)25-24-15(2)16-6-10-18(11-7-16)23-22(27)20-5-4-14-29-20/h4-14H,3H2,1-2H3,(H,23,27)(H,25,26). The molecule has 7 nitrogen and oxygen atoms in total. The zero-order valence-electron chi connectivity index (χ0n) is 16.1. The number of rotatable bonds is 7. The minimum absolute atomic E-state index is 0.240. The van der Waals surface area contributed by atoms with Crippen LogP contribution in [0.4, 0.5) is 5.69 Å². The molecule has 2 aromatic carbocycles. The number of ether oxygens (including phenoxy) is 1. The highest BCUT2D eigenvalue weighted by atomic mass is 16.5. The maximum Gasteiger partial charge on any atom is 0.291 e. The molecule has 0 saturated heterocycles. The zero-order chi connectivity index (χ0) is 20.6. The van der Waals surface area contributed by atoms with Crippen LogP contribution in [0.1, 0.15) is 40.3 Å². The first kappa shape index (κ1) is 19.9. The smallest absolute Gasteiger partial charge is 0.291 e. The molecule has 0 spiro atoms. The molecule has 3 rings (SSSR count). The number of hydrazone groups is 1. The number of furan rings is 1. The predicted molar refractivity (Wildman–Crippen MR) is 110 cm³/mol. The van der Waals surface area contributed by atoms with Gasteiger partial charge < -0.3 is 14.5 Å². The van der Waals surface area contributed by atoms with Gasteiger partial charge in [-0.25, -0.2) is 5.43 Å². The third kappa shape index (κ3) is 5.32. The van der Waals surface area contributed by atoms with Gasteiger partial charge in [-0.05, 0) is 67.9 Å². The van der Waals surface area contributed by atoms with Crippen LogP contribution in [0, 0.1) is 0 Å². The van der Waals surface area contributed by atoms with E-state index >= 15 is 0 Å². The third-order valence-corrected chi connectivity index (χ3v) is 4.06. The third-order valence-electron chi connectivity index (χ3n) is 4.06. The Bertz CT molecular complexity index is 992. The molecule has 1 aromatic heterocycles. The highest BCUT2D eigenvalue weighted by Crippen LogP contribution is 2.13. The van der Waals surface area contributed by atoms with Gasteiger partial charge in [0, 0.05) is 11.3 Å². The molecular formula is C22H21N3O4. The lowest BCUT2D eigenvalue weighted by atomic mass is 10.1. The van der Waals surface area contributed by atoms with Crippen LogP contribution < -0.4 is 15.5 Å². The van der Waals surface area contributed by atoms with Crippen LogP contribution in [0.3, 0.4) is 0 Å². The lowest BCUT2D eigenvalue weighted by Gasteiger charge is -2.07. The monoisotopic (exact) mass is 391 g/mol. The van der Waals surface area contributed by atoms with E-state index in [-0.39, 0.29) is 17.6 Å². The molecule has 0 aliphatic heterocycles. The number of hydrogen-bond acceptors (Lipinski definition) is 5. The Kier molecular flexibility index (Phi) is 6.42. The molecule has 2 N–H and O–H groups in total. The molecular weight excluding hydrogens is 370 g/mol. The highest BCUT2D eigenvalue weighted by molar-refractivity contribution is 6.03. The molecule has 3 aromatic rings. The zero-order valence-corrected chi connectivity index (χ0v) is 16.1. The van der Waals surface area contributed by atoms with Gasteiger partial charge in [-0.2, -0.15) is 5.10 Å². The largest absolute Gasteiger partial charge is 0.494 e. The van der Waals surface area contributed by atoms with Crippen molar-refractivity contribution >= 4 is 23.2 Å². The lowest BCUT2D eigenvalue weighted by Crippen LogP contribution is -2.19. The summed E-state index contributed by atoms with van der Waals surface area (Å²) in [6.45, 7) is 4.26. The highest BCUT2D eigenvalue weighted by Gasteiger charge is 2.09. The van der Waals surface area contributed by atoms with Gasteiger partial charge in [-0.15, -0.1) is 0 Å². The second-order valence-corrected chi connectivity index (χ2v) is 6.10. The van der Waals surface area contributed by atoms with Gasteiger partial charge in [0.25, 0.3) is 11.8 Å². The Labute approximate surface area is 168 Å². The minimum Gasteiger partial charge on any atom is -0.494 e. The fourth-order valence-electron chi connectivity index (χ4n) is 2.53. The summed E-state index contributed by atoms with van der Waals surface area (Å²) in [6.07, 6.45) is 1.44. The molecule has 0 fully saturated rings. The maximum absolute atomic E-state index is 12.2. The average Bonchev–Trinajstić information content (AvgIpc) is 3.28. The van der Waals surface area contributed by atoms with Crippen molar-refractivity contribution in [2.24, 2.45) is 5.10 Å². The van der Waals surface area contributed by atoms with Crippen LogP contribution in [0.2, 0.25) is 0 Å². The lowest BCUT2D eigenvalue weighted by molar-refractivity contribution is 0.0953. The van der Waals surface area contributed by atoms with Gasteiger partial charge in [-0.3, -0.25) is 9.59 Å². The van der Waals surface area contributed by atoms with Crippen molar-refractivity contribution in [3.05, 3.63) is 83.8 Å². The summed E-state index contributed by atoms with van der Waals surface area (Å²) in [4.78, 5) is 24.2. The van der Waals surface area contributed by atoms with E-state index in [1.807, 2.05) is 6.92 Å². The van der Waals surface area contributed by atoms with Crippen molar-refractivity contribution in [1.82, 2.24) is 5.43 Å². The Morgan fingerprint density at radius 3 is 2.28 bits per heavy atom. The molecule has 148 valence electrons. The molecule has 2 amide bonds. The number of amides is 2. The van der Waals surface area contributed by atoms with Gasteiger partial charge in [0.05, 0.1) is 18.6 Å². The summed E-state index contributed by atoms with van der Waals surface area (Å²) in [7, 11) is 0. The van der Waals surface area contributed by atoms with Crippen molar-refractivity contribution in [3.63, 3.8) is 0 Å². The Morgan fingerprint density at radius 1 is 0.966 bits per heavy atom. The van der Waals surface area contributed by atoms with Crippen LogP contribution in [0.15, 0.2) is 76.4 Å². The van der Waals surface area contributed by atoms with E-state index in [1.54, 1.807) is 67.6 Å². The van der Waals surface area contributed by atoms with Crippen molar-refractivity contribution < 1.29 is 18.7 Å². The first-order valence-electron chi connectivity index (χ1n) is 9.09. The number of hydrogen-bond donors (Lipinski definition) is 2. The average molecular weight is 391 g/mol. The van der Waals surface area contributed by atoms with Crippen molar-refractivity contribution in [1.29, 1.82) is 0 Å². The summed E-state index contributed by atoms with van der Waals surface area (Å²) >= 11 is 0. The van der Waals surface area contributed by atoms with Crippen molar-refractivity contribution in [3.8, 4) is 5.75 Å². The molecule has 29 heavy (non-hydrogen) atoms. The van der Waals surface area contributed by atoms with Crippen molar-refractivity contribution in [2.45, 2.75) is 13.8 Å². The number of benzene rings is 2. The molecule has 0 aliphatic rings. The van der Waals surface area contributed by atoms with E-state index in [9.17, 15) is 9.59 Å². The molecule has 0 bridgehead atoms. The molecule has 0 radical (unpaired) electrons. The van der Waals surface area contributed by atoms with Gasteiger partial charge in [0.2, 0.25) is 0 Å². The van der Waals surface area contributed by atoms with E-state index < -0.39 is 0 Å². The SMILES string of the molecule is CCOc1ccc(C(=O)NN=C(C)c2ccc(NC(=O)c3ccco3)cc2)cc1. The number of nitrogens with one attached hydrogen (secondary N) is 2. The van der Waals surface area contributed by atoms with E-state index in [1.165, 1.54) is 6.26 Å². The number of nitrogens with zero attached hydrogens (tertiary/aromatic N) is 1. The second-order valence-electron chi connectivity index (χ2n) is 6.10. The second kappa shape index (κ2) is 9.36. The van der Waals surface area contributed by atoms with Gasteiger partial charge in [0.15, 0.2) is 5.76 Å². The van der Waals surface area contributed by atoms with Crippen LogP contribution in [-0.4, -0.2) is 24.1 Å². The van der Waals surface area contributed by atoms with E-state index in [2.05, 4.69) is 15.8 Å². The summed E-state index contributed by atoms with van der Waals surface area (Å²) in [6, 6.07) is 17.2. The fraction of sp³-hybridized carbons (Fsp3) is 0.136. The first-order chi connectivity index (χ1) is 14.1. The molecule has 0 saturated carbocycles. The van der Waals surface area contributed by atoms with Crippen LogP contribution >= 0.6 is 0 Å². The molecule has 0 aliphatic carbocycles. The summed E-state index contributed by atoms with van der Waals surface area (Å²) in [5.41, 5.74) is 5.10. The molecule has 0 atom stereocenters. The van der Waals surface area contributed by atoms with E-state index in [4.69, 9.17) is 9.15 Å². The topological polar surface area (TPSA) is 92.9 Å². The summed E-state index contributed by atoms with van der Waals surface area (Å²) in [5.74, 6) is 0.317. The number of carbonyl (C=O) groups is 2. The van der Waals surface area contributed by atoms with Gasteiger partial charge in [0.1, 0.15) is 5.75 Å². The number of carbonyl (C=O) groups excluding carboxylic acids is 2. The van der Waals surface area contributed by atoms with E-state index in [0.29, 0.717) is 29.3 Å². The molecule has 0 unspecified atom stereocenters. The quantitative estimate of drug-likeness (QED) is 0.469. The molecule has 1 heterocycles. The van der Waals surface area contributed by atoms with Crippen LogP contribution in [0.5, 0.6) is 5.75 Å². The Morgan fingerprint density at radius 2 is 1.66 bits per heavy atom. The van der Waals surface area contributed by atoms with Gasteiger partial charge in [-0.1, -0.05) is 12.1 Å². The predicted octanol–water partition coefficient (Wildman–Crippen LogP) is 4.08. The van der Waals surface area contributed by atoms with E-state index in [0.717, 1.165) is 5.56 Å². The maximum atomic E-state index is 12.2. The molecule has 7 heteroatoms. The normalized spacial score (nSPS) is 11.0. The Hall–Kier alpha value is -3.87. The fourth-order valence-corrected chi connectivity index (χ4v) is 2.53. The Balaban J connectivity index is 1.59. The van der Waals surface area contributed by atoms with Gasteiger partial charge >= 0.3 is 0 Å². The van der Waals surface area contributed by atoms with Crippen LogP contribution in [0.25, 0.3) is 0 Å². The summed E-state index contributed by atoms with van der Waals surface area (Å²) < 4.78 is 10.4. The number of anilines is 1.